The van der Waals surface area contributed by atoms with Gasteiger partial charge in [0.1, 0.15) is 0 Å². The van der Waals surface area contributed by atoms with Crippen LogP contribution in [0, 0.1) is 0 Å². The molecule has 116 valence electrons. The van der Waals surface area contributed by atoms with Crippen LogP contribution in [0.4, 0.5) is 5.13 Å². The predicted octanol–water partition coefficient (Wildman–Crippen LogP) is 2.89. The molecule has 1 atom stereocenters. The summed E-state index contributed by atoms with van der Waals surface area (Å²) in [7, 11) is 0. The van der Waals surface area contributed by atoms with E-state index in [1.165, 1.54) is 11.3 Å². The Morgan fingerprint density at radius 2 is 2.45 bits per heavy atom. The van der Waals surface area contributed by atoms with Crippen LogP contribution in [0.3, 0.4) is 0 Å². The second-order valence-corrected chi connectivity index (χ2v) is 6.80. The highest BCUT2D eigenvalue weighted by molar-refractivity contribution is 9.10. The van der Waals surface area contributed by atoms with Gasteiger partial charge >= 0.3 is 0 Å². The first kappa shape index (κ1) is 15.6. The molecule has 0 bridgehead atoms. The van der Waals surface area contributed by atoms with E-state index in [-0.39, 0.29) is 11.9 Å². The summed E-state index contributed by atoms with van der Waals surface area (Å²) in [5.74, 6) is -0.0434. The summed E-state index contributed by atoms with van der Waals surface area (Å²) in [4.78, 5) is 16.5. The van der Waals surface area contributed by atoms with Crippen LogP contribution in [-0.4, -0.2) is 36.7 Å². The number of nitrogens with zero attached hydrogens (tertiary/aromatic N) is 1. The van der Waals surface area contributed by atoms with E-state index < -0.39 is 0 Å². The van der Waals surface area contributed by atoms with E-state index in [1.54, 1.807) is 0 Å². The molecule has 1 aliphatic heterocycles. The molecule has 2 aromatic rings. The lowest BCUT2D eigenvalue weighted by Crippen LogP contribution is -2.43. The summed E-state index contributed by atoms with van der Waals surface area (Å²) in [6.07, 6.45) is 0.395. The highest BCUT2D eigenvalue weighted by Gasteiger charge is 2.17. The van der Waals surface area contributed by atoms with Crippen molar-refractivity contribution >= 4 is 38.3 Å². The van der Waals surface area contributed by atoms with Crippen LogP contribution in [0.15, 0.2) is 34.1 Å². The molecule has 2 N–H and O–H groups in total. The number of anilines is 1. The Balaban J connectivity index is 1.60. The van der Waals surface area contributed by atoms with Crippen LogP contribution in [-0.2, 0) is 9.53 Å². The Labute approximate surface area is 141 Å². The molecule has 2 heterocycles. The maximum Gasteiger partial charge on any atom is 0.227 e. The lowest BCUT2D eigenvalue weighted by Gasteiger charge is -2.22. The molecule has 0 saturated carbocycles. The Morgan fingerprint density at radius 3 is 3.23 bits per heavy atom. The molecule has 1 fully saturated rings. The van der Waals surface area contributed by atoms with Gasteiger partial charge in [-0.3, -0.25) is 4.79 Å². The SMILES string of the molecule is O=C(CC1COCCN1)Nc1nc(-c2cccc(Br)c2)cs1. The fourth-order valence-electron chi connectivity index (χ4n) is 2.26. The first-order valence-corrected chi connectivity index (χ1v) is 8.70. The lowest BCUT2D eigenvalue weighted by molar-refractivity contribution is -0.117. The van der Waals surface area contributed by atoms with Gasteiger partial charge in [0.15, 0.2) is 5.13 Å². The number of amides is 1. The molecule has 5 nitrogen and oxygen atoms in total. The molecule has 3 rings (SSSR count). The van der Waals surface area contributed by atoms with Crippen LogP contribution in [0.2, 0.25) is 0 Å². The van der Waals surface area contributed by atoms with Crippen LogP contribution in [0.1, 0.15) is 6.42 Å². The lowest BCUT2D eigenvalue weighted by atomic mass is 10.2. The van der Waals surface area contributed by atoms with Gasteiger partial charge in [0, 0.05) is 34.4 Å². The smallest absolute Gasteiger partial charge is 0.227 e. The van der Waals surface area contributed by atoms with Crippen LogP contribution in [0.5, 0.6) is 0 Å². The normalized spacial score (nSPS) is 18.1. The Morgan fingerprint density at radius 1 is 1.55 bits per heavy atom. The van der Waals surface area contributed by atoms with Crippen LogP contribution < -0.4 is 10.6 Å². The zero-order valence-corrected chi connectivity index (χ0v) is 14.2. The maximum atomic E-state index is 12.0. The van der Waals surface area contributed by atoms with E-state index in [2.05, 4.69) is 31.5 Å². The van der Waals surface area contributed by atoms with Gasteiger partial charge in [-0.15, -0.1) is 11.3 Å². The molecule has 1 aromatic heterocycles. The monoisotopic (exact) mass is 381 g/mol. The molecule has 0 spiro atoms. The van der Waals surface area contributed by atoms with Crippen molar-refractivity contribution in [2.45, 2.75) is 12.5 Å². The summed E-state index contributed by atoms with van der Waals surface area (Å²) in [6.45, 7) is 2.08. The Bertz CT molecular complexity index is 656. The molecule has 1 amide bonds. The number of hydrogen-bond donors (Lipinski definition) is 2. The van der Waals surface area contributed by atoms with Crippen molar-refractivity contribution < 1.29 is 9.53 Å². The van der Waals surface area contributed by atoms with Crippen molar-refractivity contribution in [3.8, 4) is 11.3 Å². The summed E-state index contributed by atoms with van der Waals surface area (Å²) >= 11 is 4.88. The minimum absolute atomic E-state index is 0.0434. The summed E-state index contributed by atoms with van der Waals surface area (Å²) in [5.41, 5.74) is 1.88. The second-order valence-electron chi connectivity index (χ2n) is 5.03. The largest absolute Gasteiger partial charge is 0.378 e. The van der Waals surface area contributed by atoms with E-state index in [0.29, 0.717) is 24.8 Å². The molecule has 1 saturated heterocycles. The molecular weight excluding hydrogens is 366 g/mol. The molecule has 7 heteroatoms. The van der Waals surface area contributed by atoms with Gasteiger partial charge < -0.3 is 15.4 Å². The minimum Gasteiger partial charge on any atom is -0.378 e. The number of halogens is 1. The van der Waals surface area contributed by atoms with Crippen molar-refractivity contribution in [3.05, 3.63) is 34.1 Å². The Kier molecular flexibility index (Phi) is 5.20. The quantitative estimate of drug-likeness (QED) is 0.854. The number of carbonyl (C=O) groups is 1. The number of rotatable bonds is 4. The third-order valence-electron chi connectivity index (χ3n) is 3.30. The zero-order chi connectivity index (χ0) is 15.4. The van der Waals surface area contributed by atoms with Crippen LogP contribution >= 0.6 is 27.3 Å². The highest BCUT2D eigenvalue weighted by atomic mass is 79.9. The summed E-state index contributed by atoms with van der Waals surface area (Å²) in [5, 5.41) is 8.69. The third kappa shape index (κ3) is 4.13. The molecule has 1 unspecified atom stereocenters. The predicted molar refractivity (Wildman–Crippen MR) is 91.1 cm³/mol. The van der Waals surface area contributed by atoms with Crippen LogP contribution in [0.25, 0.3) is 11.3 Å². The molecular formula is C15H16BrN3O2S. The average Bonchev–Trinajstić information content (AvgIpc) is 2.96. The number of nitrogens with one attached hydrogen (secondary N) is 2. The first-order valence-electron chi connectivity index (χ1n) is 7.03. The van der Waals surface area contributed by atoms with Gasteiger partial charge in [0.2, 0.25) is 5.91 Å². The summed E-state index contributed by atoms with van der Waals surface area (Å²) < 4.78 is 6.35. The number of hydrogen-bond acceptors (Lipinski definition) is 5. The highest BCUT2D eigenvalue weighted by Crippen LogP contribution is 2.26. The molecule has 22 heavy (non-hydrogen) atoms. The average molecular weight is 382 g/mol. The number of ether oxygens (including phenoxy) is 1. The number of morpholine rings is 1. The standard InChI is InChI=1S/C15H16BrN3O2S/c16-11-3-1-2-10(6-11)13-9-22-15(18-13)19-14(20)7-12-8-21-5-4-17-12/h1-3,6,9,12,17H,4-5,7-8H2,(H,18,19,20). The fourth-order valence-corrected chi connectivity index (χ4v) is 3.39. The van der Waals surface area contributed by atoms with E-state index >= 15 is 0 Å². The van der Waals surface area contributed by atoms with Gasteiger partial charge in [0.05, 0.1) is 18.9 Å². The van der Waals surface area contributed by atoms with Crippen molar-refractivity contribution in [1.29, 1.82) is 0 Å². The van der Waals surface area contributed by atoms with Crippen molar-refractivity contribution in [2.75, 3.05) is 25.1 Å². The van der Waals surface area contributed by atoms with Crippen molar-refractivity contribution in [3.63, 3.8) is 0 Å². The van der Waals surface area contributed by atoms with E-state index in [0.717, 1.165) is 22.3 Å². The fraction of sp³-hybridized carbons (Fsp3) is 0.333. The molecule has 0 radical (unpaired) electrons. The van der Waals surface area contributed by atoms with E-state index in [1.807, 2.05) is 29.6 Å². The minimum atomic E-state index is -0.0434. The van der Waals surface area contributed by atoms with Gasteiger partial charge in [-0.1, -0.05) is 28.1 Å². The van der Waals surface area contributed by atoms with Gasteiger partial charge in [-0.05, 0) is 12.1 Å². The van der Waals surface area contributed by atoms with Gasteiger partial charge in [-0.25, -0.2) is 4.98 Å². The van der Waals surface area contributed by atoms with Gasteiger partial charge in [0.25, 0.3) is 0 Å². The summed E-state index contributed by atoms with van der Waals surface area (Å²) in [6, 6.07) is 8.01. The molecule has 1 aliphatic rings. The van der Waals surface area contributed by atoms with Crippen molar-refractivity contribution in [1.82, 2.24) is 10.3 Å². The number of aromatic nitrogens is 1. The Hall–Kier alpha value is -1.28. The van der Waals surface area contributed by atoms with E-state index in [4.69, 9.17) is 4.74 Å². The number of thiazole rings is 1. The van der Waals surface area contributed by atoms with E-state index in [9.17, 15) is 4.79 Å². The van der Waals surface area contributed by atoms with Crippen molar-refractivity contribution in [2.24, 2.45) is 0 Å². The molecule has 1 aromatic carbocycles. The molecule has 0 aliphatic carbocycles. The number of carbonyl (C=O) groups excluding carboxylic acids is 1. The topological polar surface area (TPSA) is 63.2 Å². The maximum absolute atomic E-state index is 12.0. The first-order chi connectivity index (χ1) is 10.7. The number of benzene rings is 1. The second kappa shape index (κ2) is 7.32. The zero-order valence-electron chi connectivity index (χ0n) is 11.8. The third-order valence-corrected chi connectivity index (χ3v) is 4.55. The van der Waals surface area contributed by atoms with Gasteiger partial charge in [-0.2, -0.15) is 0 Å².